The summed E-state index contributed by atoms with van der Waals surface area (Å²) < 4.78 is 10.5. The van der Waals surface area contributed by atoms with Crippen LogP contribution in [-0.2, 0) is 6.42 Å². The number of hydrogen-bond acceptors (Lipinski definition) is 4. The Balaban J connectivity index is 1.91. The van der Waals surface area contributed by atoms with Gasteiger partial charge in [0.15, 0.2) is 11.5 Å². The molecule has 1 saturated heterocycles. The maximum Gasteiger partial charge on any atom is 0.231 e. The Hall–Kier alpha value is -1.13. The van der Waals surface area contributed by atoms with Crippen LogP contribution in [0.3, 0.4) is 0 Å². The van der Waals surface area contributed by atoms with E-state index < -0.39 is 0 Å². The summed E-state index contributed by atoms with van der Waals surface area (Å²) in [6.45, 7) is 1.21. The zero-order valence-corrected chi connectivity index (χ0v) is 10.1. The zero-order chi connectivity index (χ0) is 11.8. The summed E-state index contributed by atoms with van der Waals surface area (Å²) in [5.74, 6) is 1.19. The van der Waals surface area contributed by atoms with Gasteiger partial charge in [0.2, 0.25) is 6.79 Å². The first-order valence-electron chi connectivity index (χ1n) is 5.79. The molecule has 0 spiro atoms. The highest BCUT2D eigenvalue weighted by Crippen LogP contribution is 2.46. The molecule has 0 saturated carbocycles. The molecule has 0 amide bonds. The van der Waals surface area contributed by atoms with Crippen LogP contribution in [0.1, 0.15) is 18.4 Å². The Morgan fingerprint density at radius 2 is 2.35 bits per heavy atom. The van der Waals surface area contributed by atoms with Crippen molar-refractivity contribution in [2.45, 2.75) is 25.3 Å². The van der Waals surface area contributed by atoms with Crippen molar-refractivity contribution >= 4 is 11.6 Å². The summed E-state index contributed by atoms with van der Waals surface area (Å²) in [5.41, 5.74) is 0.818. The van der Waals surface area contributed by atoms with Gasteiger partial charge in [-0.25, -0.2) is 0 Å². The first kappa shape index (κ1) is 11.0. The van der Waals surface area contributed by atoms with Gasteiger partial charge in [-0.3, -0.25) is 0 Å². The molecule has 1 aromatic carbocycles. The van der Waals surface area contributed by atoms with Crippen LogP contribution in [0, 0.1) is 0 Å². The lowest BCUT2D eigenvalue weighted by Crippen LogP contribution is -2.23. The number of fused-ring (bicyclic) bond motifs is 1. The smallest absolute Gasteiger partial charge is 0.231 e. The summed E-state index contributed by atoms with van der Waals surface area (Å²) in [7, 11) is 0. The number of ether oxygens (including phenoxy) is 2. The molecule has 2 heterocycles. The van der Waals surface area contributed by atoms with Gasteiger partial charge in [0, 0.05) is 11.6 Å². The number of aromatic hydroxyl groups is 1. The van der Waals surface area contributed by atoms with Crippen molar-refractivity contribution in [3.8, 4) is 17.2 Å². The summed E-state index contributed by atoms with van der Waals surface area (Å²) in [6, 6.07) is 2.24. The molecular formula is C12H14ClNO3. The Morgan fingerprint density at radius 1 is 1.47 bits per heavy atom. The fourth-order valence-electron chi connectivity index (χ4n) is 2.39. The molecule has 5 heteroatoms. The lowest BCUT2D eigenvalue weighted by molar-refractivity contribution is 0.174. The molecular weight excluding hydrogens is 242 g/mol. The van der Waals surface area contributed by atoms with Crippen molar-refractivity contribution < 1.29 is 14.6 Å². The Kier molecular flexibility index (Phi) is 2.76. The molecule has 92 valence electrons. The molecule has 0 aliphatic carbocycles. The monoisotopic (exact) mass is 255 g/mol. The second kappa shape index (κ2) is 4.27. The van der Waals surface area contributed by atoms with Crippen LogP contribution >= 0.6 is 11.6 Å². The maximum absolute atomic E-state index is 10.0. The number of rotatable bonds is 2. The Morgan fingerprint density at radius 3 is 3.12 bits per heavy atom. The molecule has 0 bridgehead atoms. The van der Waals surface area contributed by atoms with Crippen LogP contribution in [0.2, 0.25) is 5.02 Å². The van der Waals surface area contributed by atoms with Crippen LogP contribution in [0.25, 0.3) is 0 Å². The number of phenolic OH excluding ortho intramolecular Hbond substituents is 1. The highest BCUT2D eigenvalue weighted by atomic mass is 35.5. The number of halogens is 1. The lowest BCUT2D eigenvalue weighted by Gasteiger charge is -2.13. The SMILES string of the molecule is Oc1c(CC2CCCN2)cc2c(c1Cl)OCO2. The summed E-state index contributed by atoms with van der Waals surface area (Å²) in [6.07, 6.45) is 3.08. The average Bonchev–Trinajstić information content (AvgIpc) is 2.96. The first-order chi connectivity index (χ1) is 8.25. The van der Waals surface area contributed by atoms with E-state index in [0.717, 1.165) is 24.9 Å². The van der Waals surface area contributed by atoms with Crippen molar-refractivity contribution in [2.75, 3.05) is 13.3 Å². The highest BCUT2D eigenvalue weighted by Gasteiger charge is 2.25. The molecule has 4 nitrogen and oxygen atoms in total. The molecule has 0 radical (unpaired) electrons. The standard InChI is InChI=1S/C12H14ClNO3/c13-10-11(15)7(4-8-2-1-3-14-8)5-9-12(10)17-6-16-9/h5,8,14-15H,1-4,6H2. The molecule has 3 rings (SSSR count). The van der Waals surface area contributed by atoms with E-state index in [1.807, 2.05) is 6.07 Å². The number of hydrogen-bond donors (Lipinski definition) is 2. The molecule has 1 atom stereocenters. The van der Waals surface area contributed by atoms with Crippen molar-refractivity contribution in [1.29, 1.82) is 0 Å². The third kappa shape index (κ3) is 1.91. The van der Waals surface area contributed by atoms with E-state index in [0.29, 0.717) is 17.5 Å². The normalized spacial score (nSPS) is 22.1. The highest BCUT2D eigenvalue weighted by molar-refractivity contribution is 6.34. The van der Waals surface area contributed by atoms with Gasteiger partial charge in [-0.15, -0.1) is 0 Å². The molecule has 17 heavy (non-hydrogen) atoms. The fraction of sp³-hybridized carbons (Fsp3) is 0.500. The largest absolute Gasteiger partial charge is 0.506 e. The third-order valence-corrected chi connectivity index (χ3v) is 3.64. The number of nitrogens with one attached hydrogen (secondary N) is 1. The number of phenols is 1. The van der Waals surface area contributed by atoms with Crippen molar-refractivity contribution in [3.63, 3.8) is 0 Å². The molecule has 2 N–H and O–H groups in total. The molecule has 0 aromatic heterocycles. The van der Waals surface area contributed by atoms with E-state index in [1.165, 1.54) is 6.42 Å². The van der Waals surface area contributed by atoms with Gasteiger partial charge < -0.3 is 19.9 Å². The molecule has 1 unspecified atom stereocenters. The van der Waals surface area contributed by atoms with Gasteiger partial charge in [0.25, 0.3) is 0 Å². The van der Waals surface area contributed by atoms with Crippen LogP contribution in [0.4, 0.5) is 0 Å². The van der Waals surface area contributed by atoms with Gasteiger partial charge in [-0.2, -0.15) is 0 Å². The van der Waals surface area contributed by atoms with E-state index in [2.05, 4.69) is 5.32 Å². The number of benzene rings is 1. The van der Waals surface area contributed by atoms with E-state index in [-0.39, 0.29) is 17.6 Å². The summed E-state index contributed by atoms with van der Waals surface area (Å²) in [5, 5.41) is 13.7. The Labute approximate surface area is 104 Å². The minimum atomic E-state index is 0.115. The van der Waals surface area contributed by atoms with E-state index in [4.69, 9.17) is 21.1 Å². The molecule has 2 aliphatic heterocycles. The Bertz CT molecular complexity index is 444. The van der Waals surface area contributed by atoms with E-state index >= 15 is 0 Å². The maximum atomic E-state index is 10.0. The fourth-order valence-corrected chi connectivity index (χ4v) is 2.66. The first-order valence-corrected chi connectivity index (χ1v) is 6.17. The summed E-state index contributed by atoms with van der Waals surface area (Å²) >= 11 is 6.05. The van der Waals surface area contributed by atoms with Crippen molar-refractivity contribution in [1.82, 2.24) is 5.32 Å². The predicted octanol–water partition coefficient (Wildman–Crippen LogP) is 2.07. The topological polar surface area (TPSA) is 50.7 Å². The van der Waals surface area contributed by atoms with Crippen LogP contribution in [0.5, 0.6) is 17.2 Å². The predicted molar refractivity (Wildman–Crippen MR) is 64.0 cm³/mol. The zero-order valence-electron chi connectivity index (χ0n) is 9.33. The minimum Gasteiger partial charge on any atom is -0.506 e. The van der Waals surface area contributed by atoms with Gasteiger partial charge in [-0.1, -0.05) is 11.6 Å². The quantitative estimate of drug-likeness (QED) is 0.850. The molecule has 1 fully saturated rings. The molecule has 2 aliphatic rings. The van der Waals surface area contributed by atoms with Gasteiger partial charge >= 0.3 is 0 Å². The lowest BCUT2D eigenvalue weighted by atomic mass is 10.0. The van der Waals surface area contributed by atoms with Crippen molar-refractivity contribution in [2.24, 2.45) is 0 Å². The van der Waals surface area contributed by atoms with Crippen LogP contribution in [0.15, 0.2) is 6.07 Å². The second-order valence-corrected chi connectivity index (χ2v) is 4.81. The van der Waals surface area contributed by atoms with Gasteiger partial charge in [-0.05, 0) is 31.9 Å². The van der Waals surface area contributed by atoms with Gasteiger partial charge in [0.05, 0.1) is 0 Å². The second-order valence-electron chi connectivity index (χ2n) is 4.43. The molecule has 1 aromatic rings. The van der Waals surface area contributed by atoms with Crippen LogP contribution < -0.4 is 14.8 Å². The third-order valence-electron chi connectivity index (χ3n) is 3.29. The van der Waals surface area contributed by atoms with E-state index in [1.54, 1.807) is 0 Å². The average molecular weight is 256 g/mol. The minimum absolute atomic E-state index is 0.115. The summed E-state index contributed by atoms with van der Waals surface area (Å²) in [4.78, 5) is 0. The van der Waals surface area contributed by atoms with E-state index in [9.17, 15) is 5.11 Å². The van der Waals surface area contributed by atoms with Crippen LogP contribution in [-0.4, -0.2) is 24.5 Å². The van der Waals surface area contributed by atoms with Crippen molar-refractivity contribution in [3.05, 3.63) is 16.7 Å². The van der Waals surface area contributed by atoms with Gasteiger partial charge in [0.1, 0.15) is 10.8 Å².